The lowest BCUT2D eigenvalue weighted by Crippen LogP contribution is -2.03. The summed E-state index contributed by atoms with van der Waals surface area (Å²) in [6.45, 7) is 0.511. The Hall–Kier alpha value is -2.18. The minimum atomic E-state index is 0.511. The van der Waals surface area contributed by atoms with Gasteiger partial charge in [0.2, 0.25) is 0 Å². The molecule has 104 valence electrons. The lowest BCUT2D eigenvalue weighted by Gasteiger charge is -2.06. The third-order valence-corrected chi connectivity index (χ3v) is 3.85. The van der Waals surface area contributed by atoms with E-state index in [0.29, 0.717) is 16.6 Å². The van der Waals surface area contributed by atoms with Crippen molar-refractivity contribution in [1.29, 1.82) is 0 Å². The van der Waals surface area contributed by atoms with Crippen LogP contribution in [0.1, 0.15) is 5.56 Å². The van der Waals surface area contributed by atoms with Crippen molar-refractivity contribution in [3.63, 3.8) is 0 Å². The van der Waals surface area contributed by atoms with Crippen molar-refractivity contribution in [3.8, 4) is 0 Å². The Morgan fingerprint density at radius 2 is 2.00 bits per heavy atom. The van der Waals surface area contributed by atoms with Gasteiger partial charge in [-0.05, 0) is 17.7 Å². The van der Waals surface area contributed by atoms with Gasteiger partial charge in [0.1, 0.15) is 12.7 Å². The summed E-state index contributed by atoms with van der Waals surface area (Å²) in [6.07, 6.45) is 5.00. The minimum absolute atomic E-state index is 0.511. The van der Waals surface area contributed by atoms with E-state index in [9.17, 15) is 0 Å². The summed E-state index contributed by atoms with van der Waals surface area (Å²) in [5, 5.41) is 14.4. The van der Waals surface area contributed by atoms with Gasteiger partial charge < -0.3 is 0 Å². The molecule has 0 aliphatic heterocycles. The number of nitrogens with zero attached hydrogens (tertiary/aromatic N) is 6. The van der Waals surface area contributed by atoms with Crippen LogP contribution < -0.4 is 0 Å². The Bertz CT molecular complexity index is 958. The summed E-state index contributed by atoms with van der Waals surface area (Å²) in [4.78, 5) is 4.40. The molecule has 0 N–H and O–H groups in total. The summed E-state index contributed by atoms with van der Waals surface area (Å²) >= 11 is 12.1. The molecule has 6 nitrogen and oxygen atoms in total. The van der Waals surface area contributed by atoms with E-state index in [2.05, 4.69) is 20.3 Å². The first-order chi connectivity index (χ1) is 10.2. The van der Waals surface area contributed by atoms with Gasteiger partial charge in [0, 0.05) is 10.0 Å². The molecule has 3 heterocycles. The van der Waals surface area contributed by atoms with E-state index in [1.165, 1.54) is 0 Å². The quantitative estimate of drug-likeness (QED) is 0.570. The first-order valence-electron chi connectivity index (χ1n) is 6.16. The molecule has 0 saturated heterocycles. The second-order valence-corrected chi connectivity index (χ2v) is 5.43. The van der Waals surface area contributed by atoms with Gasteiger partial charge in [0.05, 0.1) is 18.1 Å². The van der Waals surface area contributed by atoms with Crippen LogP contribution in [0.15, 0.2) is 37.1 Å². The van der Waals surface area contributed by atoms with Gasteiger partial charge in [-0.25, -0.2) is 9.67 Å². The van der Waals surface area contributed by atoms with Crippen LogP contribution in [-0.2, 0) is 6.54 Å². The Balaban J connectivity index is 1.83. The molecular formula is C13H8Cl2N6. The SMILES string of the molecule is Clc1ccc(Cn2ncc3c2ncn2cnnc32)c(Cl)c1. The first kappa shape index (κ1) is 12.6. The normalized spacial score (nSPS) is 11.5. The van der Waals surface area contributed by atoms with Crippen molar-refractivity contribution in [2.45, 2.75) is 6.54 Å². The molecular weight excluding hydrogens is 311 g/mol. The fourth-order valence-corrected chi connectivity index (χ4v) is 2.70. The van der Waals surface area contributed by atoms with Crippen LogP contribution in [0.5, 0.6) is 0 Å². The van der Waals surface area contributed by atoms with Crippen molar-refractivity contribution in [3.05, 3.63) is 52.7 Å². The predicted molar refractivity (Wildman–Crippen MR) is 79.6 cm³/mol. The van der Waals surface area contributed by atoms with E-state index in [4.69, 9.17) is 23.2 Å². The van der Waals surface area contributed by atoms with Crippen molar-refractivity contribution in [1.82, 2.24) is 29.4 Å². The number of hydrogen-bond acceptors (Lipinski definition) is 4. The van der Waals surface area contributed by atoms with Gasteiger partial charge >= 0.3 is 0 Å². The Kier molecular flexibility index (Phi) is 2.80. The van der Waals surface area contributed by atoms with Crippen LogP contribution in [-0.4, -0.2) is 29.4 Å². The van der Waals surface area contributed by atoms with Gasteiger partial charge in [-0.1, -0.05) is 29.3 Å². The fourth-order valence-electron chi connectivity index (χ4n) is 2.24. The van der Waals surface area contributed by atoms with E-state index >= 15 is 0 Å². The molecule has 0 amide bonds. The van der Waals surface area contributed by atoms with Gasteiger partial charge in [0.15, 0.2) is 11.3 Å². The maximum atomic E-state index is 6.20. The van der Waals surface area contributed by atoms with Crippen LogP contribution in [0.25, 0.3) is 16.7 Å². The second-order valence-electron chi connectivity index (χ2n) is 4.58. The van der Waals surface area contributed by atoms with E-state index in [1.54, 1.807) is 40.1 Å². The summed E-state index contributed by atoms with van der Waals surface area (Å²) in [6, 6.07) is 5.40. The summed E-state index contributed by atoms with van der Waals surface area (Å²) in [5.74, 6) is 0. The van der Waals surface area contributed by atoms with Crippen LogP contribution in [0.3, 0.4) is 0 Å². The van der Waals surface area contributed by atoms with Crippen molar-refractivity contribution in [2.24, 2.45) is 0 Å². The molecule has 0 bridgehead atoms. The molecule has 0 radical (unpaired) electrons. The zero-order chi connectivity index (χ0) is 14.4. The van der Waals surface area contributed by atoms with Crippen molar-refractivity contribution in [2.75, 3.05) is 0 Å². The molecule has 0 unspecified atom stereocenters. The maximum absolute atomic E-state index is 6.20. The molecule has 0 aliphatic rings. The first-order valence-corrected chi connectivity index (χ1v) is 6.92. The highest BCUT2D eigenvalue weighted by atomic mass is 35.5. The largest absolute Gasteiger partial charge is 0.271 e. The van der Waals surface area contributed by atoms with E-state index < -0.39 is 0 Å². The van der Waals surface area contributed by atoms with Crippen LogP contribution in [0.2, 0.25) is 10.0 Å². The number of halogens is 2. The molecule has 0 saturated carbocycles. The number of aromatic nitrogens is 6. The minimum Gasteiger partial charge on any atom is -0.271 e. The monoisotopic (exact) mass is 318 g/mol. The van der Waals surface area contributed by atoms with Crippen molar-refractivity contribution >= 4 is 39.9 Å². The van der Waals surface area contributed by atoms with Gasteiger partial charge in [-0.3, -0.25) is 4.40 Å². The highest BCUT2D eigenvalue weighted by Crippen LogP contribution is 2.23. The lowest BCUT2D eigenvalue weighted by atomic mass is 10.2. The van der Waals surface area contributed by atoms with E-state index in [-0.39, 0.29) is 0 Å². The third-order valence-electron chi connectivity index (χ3n) is 3.27. The molecule has 4 aromatic rings. The highest BCUT2D eigenvalue weighted by Gasteiger charge is 2.11. The fraction of sp³-hybridized carbons (Fsp3) is 0.0769. The topological polar surface area (TPSA) is 60.9 Å². The number of benzene rings is 1. The summed E-state index contributed by atoms with van der Waals surface area (Å²) in [5.41, 5.74) is 2.39. The molecule has 0 aliphatic carbocycles. The molecule has 0 fully saturated rings. The summed E-state index contributed by atoms with van der Waals surface area (Å²) in [7, 11) is 0. The lowest BCUT2D eigenvalue weighted by molar-refractivity contribution is 0.703. The smallest absolute Gasteiger partial charge is 0.174 e. The standard InChI is InChI=1S/C13H8Cl2N6/c14-9-2-1-8(11(15)3-9)5-21-12-10(4-18-21)13-19-17-7-20(13)6-16-12/h1-4,6-7H,5H2. The van der Waals surface area contributed by atoms with Gasteiger partial charge in [-0.2, -0.15) is 5.10 Å². The summed E-state index contributed by atoms with van der Waals surface area (Å²) < 4.78 is 3.53. The van der Waals surface area contributed by atoms with Crippen molar-refractivity contribution < 1.29 is 0 Å². The Labute approximate surface area is 128 Å². The van der Waals surface area contributed by atoms with Crippen LogP contribution in [0.4, 0.5) is 0 Å². The third kappa shape index (κ3) is 2.03. The van der Waals surface area contributed by atoms with Gasteiger partial charge in [0.25, 0.3) is 0 Å². The number of rotatable bonds is 2. The van der Waals surface area contributed by atoms with E-state index in [1.807, 2.05) is 6.07 Å². The predicted octanol–water partition coefficient (Wildman–Crippen LogP) is 2.83. The molecule has 8 heteroatoms. The Morgan fingerprint density at radius 1 is 1.10 bits per heavy atom. The highest BCUT2D eigenvalue weighted by molar-refractivity contribution is 6.35. The zero-order valence-electron chi connectivity index (χ0n) is 10.6. The Morgan fingerprint density at radius 3 is 2.86 bits per heavy atom. The van der Waals surface area contributed by atoms with Gasteiger partial charge in [-0.15, -0.1) is 10.2 Å². The number of hydrogen-bond donors (Lipinski definition) is 0. The van der Waals surface area contributed by atoms with Crippen LogP contribution in [0, 0.1) is 0 Å². The molecule has 1 aromatic carbocycles. The molecule has 4 rings (SSSR count). The molecule has 3 aromatic heterocycles. The second kappa shape index (κ2) is 4.68. The maximum Gasteiger partial charge on any atom is 0.174 e. The number of fused-ring (bicyclic) bond motifs is 3. The average Bonchev–Trinajstić information content (AvgIpc) is 3.08. The molecule has 0 atom stereocenters. The average molecular weight is 319 g/mol. The van der Waals surface area contributed by atoms with E-state index in [0.717, 1.165) is 22.2 Å². The zero-order valence-corrected chi connectivity index (χ0v) is 12.1. The molecule has 0 spiro atoms. The van der Waals surface area contributed by atoms with Crippen LogP contribution >= 0.6 is 23.2 Å². The molecule has 21 heavy (non-hydrogen) atoms.